The Labute approximate surface area is 144 Å². The monoisotopic (exact) mass is 349 g/mol. The van der Waals surface area contributed by atoms with Gasteiger partial charge < -0.3 is 10.4 Å². The predicted molar refractivity (Wildman–Crippen MR) is 94.4 cm³/mol. The second kappa shape index (κ2) is 7.44. The lowest BCUT2D eigenvalue weighted by molar-refractivity contribution is -0.122. The lowest BCUT2D eigenvalue weighted by Gasteiger charge is -2.13. The van der Waals surface area contributed by atoms with Gasteiger partial charge in [-0.05, 0) is 44.6 Å². The zero-order valence-corrected chi connectivity index (χ0v) is 14.7. The number of aliphatic hydroxyl groups is 1. The van der Waals surface area contributed by atoms with Gasteiger partial charge in [0.2, 0.25) is 5.91 Å². The summed E-state index contributed by atoms with van der Waals surface area (Å²) in [5.74, 6) is -0.115. The van der Waals surface area contributed by atoms with Crippen molar-refractivity contribution in [1.29, 1.82) is 0 Å². The smallest absolute Gasteiger partial charge is 0.262 e. The summed E-state index contributed by atoms with van der Waals surface area (Å²) in [4.78, 5) is 31.3. The molecule has 1 aliphatic carbocycles. The maximum Gasteiger partial charge on any atom is 0.262 e. The first-order valence-electron chi connectivity index (χ1n) is 8.50. The average Bonchev–Trinajstić information content (AvgIpc) is 2.93. The van der Waals surface area contributed by atoms with Crippen LogP contribution in [0.1, 0.15) is 43.0 Å². The Morgan fingerprint density at radius 1 is 1.46 bits per heavy atom. The first-order chi connectivity index (χ1) is 11.6. The molecule has 6 nitrogen and oxygen atoms in total. The first kappa shape index (κ1) is 17.1. The number of thiophene rings is 1. The van der Waals surface area contributed by atoms with E-state index in [4.69, 9.17) is 5.11 Å². The average molecular weight is 349 g/mol. The molecular weight excluding hydrogens is 326 g/mol. The van der Waals surface area contributed by atoms with Crippen molar-refractivity contribution >= 4 is 27.5 Å². The van der Waals surface area contributed by atoms with Gasteiger partial charge in [-0.3, -0.25) is 14.2 Å². The van der Waals surface area contributed by atoms with E-state index in [1.165, 1.54) is 16.9 Å². The number of hydrogen-bond acceptors (Lipinski definition) is 5. The molecule has 2 aromatic heterocycles. The SMILES string of the molecule is CC(CCO)NC(=O)CCn1cnc2sc3c(c2c1=O)CCCC3. The minimum atomic E-state index is -0.115. The van der Waals surface area contributed by atoms with Gasteiger partial charge in [-0.2, -0.15) is 0 Å². The van der Waals surface area contributed by atoms with E-state index in [0.717, 1.165) is 29.5 Å². The molecule has 1 aliphatic rings. The van der Waals surface area contributed by atoms with Crippen molar-refractivity contribution in [3.63, 3.8) is 0 Å². The number of nitrogens with one attached hydrogen (secondary N) is 1. The topological polar surface area (TPSA) is 84.2 Å². The fourth-order valence-corrected chi connectivity index (χ4v) is 4.39. The standard InChI is InChI=1S/C17H23N3O3S/c1-11(7-9-21)19-14(22)6-8-20-10-18-16-15(17(20)23)12-4-2-3-5-13(12)24-16/h10-11,21H,2-9H2,1H3,(H,19,22). The molecule has 3 rings (SSSR count). The molecular formula is C17H23N3O3S. The number of carbonyl (C=O) groups is 1. The summed E-state index contributed by atoms with van der Waals surface area (Å²) in [7, 11) is 0. The van der Waals surface area contributed by atoms with Crippen LogP contribution in [0.15, 0.2) is 11.1 Å². The van der Waals surface area contributed by atoms with Gasteiger partial charge in [-0.15, -0.1) is 11.3 Å². The van der Waals surface area contributed by atoms with Crippen LogP contribution in [-0.2, 0) is 24.2 Å². The molecule has 0 fully saturated rings. The number of aliphatic hydroxyl groups excluding tert-OH is 1. The van der Waals surface area contributed by atoms with Gasteiger partial charge in [0.25, 0.3) is 5.56 Å². The van der Waals surface area contributed by atoms with Gasteiger partial charge in [0.15, 0.2) is 0 Å². The second-order valence-electron chi connectivity index (χ2n) is 6.37. The zero-order chi connectivity index (χ0) is 17.1. The lowest BCUT2D eigenvalue weighted by atomic mass is 9.97. The molecule has 7 heteroatoms. The summed E-state index contributed by atoms with van der Waals surface area (Å²) >= 11 is 1.63. The van der Waals surface area contributed by atoms with Crippen molar-refractivity contribution in [2.75, 3.05) is 6.61 Å². The van der Waals surface area contributed by atoms with Crippen LogP contribution < -0.4 is 10.9 Å². The van der Waals surface area contributed by atoms with Crippen LogP contribution in [0.4, 0.5) is 0 Å². The summed E-state index contributed by atoms with van der Waals surface area (Å²) in [6.07, 6.45) is 6.61. The summed E-state index contributed by atoms with van der Waals surface area (Å²) < 4.78 is 1.54. The van der Waals surface area contributed by atoms with Gasteiger partial charge in [0.05, 0.1) is 11.7 Å². The highest BCUT2D eigenvalue weighted by Crippen LogP contribution is 2.33. The molecule has 1 atom stereocenters. The Morgan fingerprint density at radius 2 is 2.25 bits per heavy atom. The van der Waals surface area contributed by atoms with Crippen molar-refractivity contribution in [1.82, 2.24) is 14.9 Å². The van der Waals surface area contributed by atoms with E-state index in [-0.39, 0.29) is 30.5 Å². The third-order valence-corrected chi connectivity index (χ3v) is 5.69. The van der Waals surface area contributed by atoms with E-state index in [1.807, 2.05) is 6.92 Å². The molecule has 0 aliphatic heterocycles. The number of carbonyl (C=O) groups excluding carboxylic acids is 1. The Balaban J connectivity index is 1.75. The molecule has 0 radical (unpaired) electrons. The molecule has 2 aromatic rings. The van der Waals surface area contributed by atoms with Crippen LogP contribution in [0.5, 0.6) is 0 Å². The van der Waals surface area contributed by atoms with Gasteiger partial charge in [-0.1, -0.05) is 0 Å². The van der Waals surface area contributed by atoms with Crippen molar-refractivity contribution in [2.45, 2.75) is 58.0 Å². The summed E-state index contributed by atoms with van der Waals surface area (Å²) in [6.45, 7) is 2.22. The molecule has 130 valence electrons. The van der Waals surface area contributed by atoms with Crippen LogP contribution in [0.3, 0.4) is 0 Å². The van der Waals surface area contributed by atoms with Crippen LogP contribution in [0.2, 0.25) is 0 Å². The Hall–Kier alpha value is -1.73. The van der Waals surface area contributed by atoms with Crippen molar-refractivity contribution in [3.8, 4) is 0 Å². The molecule has 2 heterocycles. The molecule has 0 saturated carbocycles. The molecule has 0 bridgehead atoms. The van der Waals surface area contributed by atoms with E-state index >= 15 is 0 Å². The normalized spacial score (nSPS) is 15.2. The van der Waals surface area contributed by atoms with E-state index < -0.39 is 0 Å². The maximum absolute atomic E-state index is 12.8. The van der Waals surface area contributed by atoms with E-state index in [9.17, 15) is 9.59 Å². The highest BCUT2D eigenvalue weighted by Gasteiger charge is 2.20. The fraction of sp³-hybridized carbons (Fsp3) is 0.588. The van der Waals surface area contributed by atoms with Crippen molar-refractivity contribution in [3.05, 3.63) is 27.1 Å². The van der Waals surface area contributed by atoms with Crippen LogP contribution >= 0.6 is 11.3 Å². The summed E-state index contributed by atoms with van der Waals surface area (Å²) in [6, 6.07) is -0.0660. The summed E-state index contributed by atoms with van der Waals surface area (Å²) in [5.41, 5.74) is 1.14. The third-order valence-electron chi connectivity index (χ3n) is 4.49. The largest absolute Gasteiger partial charge is 0.396 e. The molecule has 0 spiro atoms. The van der Waals surface area contributed by atoms with Gasteiger partial charge in [0, 0.05) is 30.5 Å². The van der Waals surface area contributed by atoms with Crippen LogP contribution in [0.25, 0.3) is 10.2 Å². The van der Waals surface area contributed by atoms with Gasteiger partial charge in [0.1, 0.15) is 4.83 Å². The molecule has 1 amide bonds. The Morgan fingerprint density at radius 3 is 3.04 bits per heavy atom. The molecule has 1 unspecified atom stereocenters. The van der Waals surface area contributed by atoms with E-state index in [2.05, 4.69) is 10.3 Å². The van der Waals surface area contributed by atoms with E-state index in [0.29, 0.717) is 13.0 Å². The van der Waals surface area contributed by atoms with E-state index in [1.54, 1.807) is 22.2 Å². The zero-order valence-electron chi connectivity index (χ0n) is 13.9. The quantitative estimate of drug-likeness (QED) is 0.830. The number of aryl methyl sites for hydroxylation is 3. The fourth-order valence-electron chi connectivity index (χ4n) is 3.18. The molecule has 0 saturated heterocycles. The first-order valence-corrected chi connectivity index (χ1v) is 9.31. The maximum atomic E-state index is 12.8. The number of fused-ring (bicyclic) bond motifs is 3. The minimum absolute atomic E-state index is 0.0318. The minimum Gasteiger partial charge on any atom is -0.396 e. The lowest BCUT2D eigenvalue weighted by Crippen LogP contribution is -2.34. The third kappa shape index (κ3) is 3.52. The Kier molecular flexibility index (Phi) is 5.30. The number of amides is 1. The molecule has 24 heavy (non-hydrogen) atoms. The Bertz CT molecular complexity index is 796. The second-order valence-corrected chi connectivity index (χ2v) is 7.45. The van der Waals surface area contributed by atoms with Crippen molar-refractivity contribution in [2.24, 2.45) is 0 Å². The van der Waals surface area contributed by atoms with Crippen LogP contribution in [0, 0.1) is 0 Å². The van der Waals surface area contributed by atoms with Crippen LogP contribution in [-0.4, -0.2) is 33.2 Å². The van der Waals surface area contributed by atoms with Gasteiger partial charge in [-0.25, -0.2) is 4.98 Å². The highest BCUT2D eigenvalue weighted by molar-refractivity contribution is 7.18. The number of hydrogen-bond donors (Lipinski definition) is 2. The predicted octanol–water partition coefficient (Wildman–Crippen LogP) is 1.61. The van der Waals surface area contributed by atoms with Crippen molar-refractivity contribution < 1.29 is 9.90 Å². The summed E-state index contributed by atoms with van der Waals surface area (Å²) in [5, 5.41) is 12.4. The highest BCUT2D eigenvalue weighted by atomic mass is 32.1. The number of rotatable bonds is 6. The molecule has 0 aromatic carbocycles. The number of aromatic nitrogens is 2. The molecule has 2 N–H and O–H groups in total. The number of nitrogens with zero attached hydrogens (tertiary/aromatic N) is 2. The van der Waals surface area contributed by atoms with Gasteiger partial charge >= 0.3 is 0 Å².